The van der Waals surface area contributed by atoms with Crippen molar-refractivity contribution in [3.63, 3.8) is 0 Å². The first kappa shape index (κ1) is 23.9. The number of fused-ring (bicyclic) bond motifs is 1. The van der Waals surface area contributed by atoms with Crippen molar-refractivity contribution in [2.24, 2.45) is 11.8 Å². The molecule has 0 unspecified atom stereocenters. The van der Waals surface area contributed by atoms with Gasteiger partial charge in [0.05, 0.1) is 23.3 Å². The zero-order chi connectivity index (χ0) is 23.9. The van der Waals surface area contributed by atoms with Crippen molar-refractivity contribution in [2.75, 3.05) is 26.2 Å². The number of carbonyl (C=O) groups excluding carboxylic acids is 2. The van der Waals surface area contributed by atoms with E-state index in [1.54, 1.807) is 16.4 Å². The van der Waals surface area contributed by atoms with Gasteiger partial charge in [0.2, 0.25) is 21.8 Å². The van der Waals surface area contributed by atoms with Gasteiger partial charge in [-0.2, -0.15) is 4.31 Å². The van der Waals surface area contributed by atoms with Gasteiger partial charge in [-0.05, 0) is 49.8 Å². The molecule has 7 nitrogen and oxygen atoms in total. The Kier molecular flexibility index (Phi) is 6.84. The average Bonchev–Trinajstić information content (AvgIpc) is 3.10. The van der Waals surface area contributed by atoms with Crippen LogP contribution in [-0.2, 0) is 26.2 Å². The second kappa shape index (κ2) is 9.70. The number of imide groups is 1. The van der Waals surface area contributed by atoms with Gasteiger partial charge in [0.25, 0.3) is 0 Å². The van der Waals surface area contributed by atoms with Crippen molar-refractivity contribution in [1.29, 1.82) is 0 Å². The number of sulfonamides is 1. The number of aryl methyl sites for hydroxylation is 1. The van der Waals surface area contributed by atoms with Crippen molar-refractivity contribution in [2.45, 2.75) is 82.2 Å². The van der Waals surface area contributed by atoms with Crippen LogP contribution in [0.1, 0.15) is 68.9 Å². The fraction of sp³-hybridized carbons (Fsp3) is 0.692. The molecule has 8 heteroatoms. The Labute approximate surface area is 203 Å². The minimum Gasteiger partial charge on any atom is -0.298 e. The summed E-state index contributed by atoms with van der Waals surface area (Å²) in [5.41, 5.74) is 1.40. The minimum absolute atomic E-state index is 0.0847. The summed E-state index contributed by atoms with van der Waals surface area (Å²) in [6.45, 7) is 4.55. The Morgan fingerprint density at radius 2 is 1.41 bits per heavy atom. The zero-order valence-electron chi connectivity index (χ0n) is 20.2. The Morgan fingerprint density at radius 1 is 0.824 bits per heavy atom. The van der Waals surface area contributed by atoms with Gasteiger partial charge >= 0.3 is 0 Å². The van der Waals surface area contributed by atoms with Crippen LogP contribution in [0.3, 0.4) is 0 Å². The first-order chi connectivity index (χ1) is 16.4. The summed E-state index contributed by atoms with van der Waals surface area (Å²) in [5, 5.41) is 0. The maximum atomic E-state index is 13.6. The van der Waals surface area contributed by atoms with Crippen LogP contribution in [0.25, 0.3) is 0 Å². The van der Waals surface area contributed by atoms with Crippen molar-refractivity contribution < 1.29 is 18.0 Å². The fourth-order valence-corrected chi connectivity index (χ4v) is 8.18. The highest BCUT2D eigenvalue weighted by Crippen LogP contribution is 2.39. The molecule has 0 spiro atoms. The van der Waals surface area contributed by atoms with E-state index in [-0.39, 0.29) is 30.2 Å². The standard InChI is InChI=1S/C26H37N3O4S/c1-19-11-12-20(18-29-25(30)22-9-5-6-10-23(22)26(29)31)17-24(19)34(32,33)28-15-13-27(14-16-28)21-7-3-2-4-8-21/h11-12,17,21-23H,2-10,13-16,18H2,1H3/t22-,23-/m1/s1. The molecule has 1 aromatic carbocycles. The molecular weight excluding hydrogens is 450 g/mol. The van der Waals surface area contributed by atoms with E-state index >= 15 is 0 Å². The summed E-state index contributed by atoms with van der Waals surface area (Å²) < 4.78 is 28.8. The molecule has 0 bridgehead atoms. The molecule has 4 fully saturated rings. The molecule has 2 atom stereocenters. The fourth-order valence-electron chi connectivity index (χ4n) is 6.48. The van der Waals surface area contributed by atoms with E-state index < -0.39 is 10.0 Å². The third-order valence-electron chi connectivity index (χ3n) is 8.51. The quantitative estimate of drug-likeness (QED) is 0.596. The predicted octanol–water partition coefficient (Wildman–Crippen LogP) is 3.31. The lowest BCUT2D eigenvalue weighted by Gasteiger charge is -2.40. The zero-order valence-corrected chi connectivity index (χ0v) is 21.1. The number of hydrogen-bond acceptors (Lipinski definition) is 5. The highest BCUT2D eigenvalue weighted by Gasteiger charge is 2.48. The molecular formula is C26H37N3O4S. The lowest BCUT2D eigenvalue weighted by Crippen LogP contribution is -2.52. The molecule has 0 N–H and O–H groups in total. The third-order valence-corrected chi connectivity index (χ3v) is 10.5. The summed E-state index contributed by atoms with van der Waals surface area (Å²) in [6, 6.07) is 5.93. The van der Waals surface area contributed by atoms with Crippen LogP contribution in [0.15, 0.2) is 23.1 Å². The third kappa shape index (κ3) is 4.44. The SMILES string of the molecule is Cc1ccc(CN2C(=O)[C@@H]3CCCC[C@H]3C2=O)cc1S(=O)(=O)N1CCN(C2CCCCC2)CC1. The predicted molar refractivity (Wildman–Crippen MR) is 129 cm³/mol. The number of hydrogen-bond donors (Lipinski definition) is 0. The number of nitrogens with zero attached hydrogens (tertiary/aromatic N) is 3. The van der Waals surface area contributed by atoms with Gasteiger partial charge in [0, 0.05) is 32.2 Å². The van der Waals surface area contributed by atoms with Crippen LogP contribution in [0.4, 0.5) is 0 Å². The normalized spacial score (nSPS) is 27.9. The van der Waals surface area contributed by atoms with Gasteiger partial charge in [-0.15, -0.1) is 0 Å². The van der Waals surface area contributed by atoms with Gasteiger partial charge in [0.1, 0.15) is 0 Å². The molecule has 2 saturated heterocycles. The second-order valence-corrected chi connectivity index (χ2v) is 12.5. The van der Waals surface area contributed by atoms with Crippen molar-refractivity contribution in [3.8, 4) is 0 Å². The number of rotatable bonds is 5. The second-order valence-electron chi connectivity index (χ2n) is 10.6. The van der Waals surface area contributed by atoms with E-state index in [1.807, 2.05) is 13.0 Å². The molecule has 2 saturated carbocycles. The van der Waals surface area contributed by atoms with E-state index in [0.29, 0.717) is 35.2 Å². The van der Waals surface area contributed by atoms with E-state index in [4.69, 9.17) is 0 Å². The van der Waals surface area contributed by atoms with E-state index in [0.717, 1.165) is 38.8 Å². The summed E-state index contributed by atoms with van der Waals surface area (Å²) in [7, 11) is -3.63. The molecule has 2 aliphatic carbocycles. The Balaban J connectivity index is 1.29. The van der Waals surface area contributed by atoms with Crippen LogP contribution in [0.2, 0.25) is 0 Å². The summed E-state index contributed by atoms with van der Waals surface area (Å²) in [4.78, 5) is 29.9. The lowest BCUT2D eigenvalue weighted by molar-refractivity contribution is -0.140. The molecule has 2 amide bonds. The van der Waals surface area contributed by atoms with Gasteiger partial charge in [0.15, 0.2) is 0 Å². The average molecular weight is 488 g/mol. The van der Waals surface area contributed by atoms with Gasteiger partial charge in [-0.1, -0.05) is 44.2 Å². The largest absolute Gasteiger partial charge is 0.298 e. The number of piperazine rings is 1. The molecule has 5 rings (SSSR count). The maximum Gasteiger partial charge on any atom is 0.243 e. The highest BCUT2D eigenvalue weighted by molar-refractivity contribution is 7.89. The molecule has 34 heavy (non-hydrogen) atoms. The monoisotopic (exact) mass is 487 g/mol. The molecule has 4 aliphatic rings. The van der Waals surface area contributed by atoms with Crippen LogP contribution in [-0.4, -0.2) is 66.6 Å². The number of benzene rings is 1. The summed E-state index contributed by atoms with van der Waals surface area (Å²) >= 11 is 0. The molecule has 1 aromatic rings. The summed E-state index contributed by atoms with van der Waals surface area (Å²) in [5.74, 6) is -0.539. The van der Waals surface area contributed by atoms with Crippen LogP contribution in [0, 0.1) is 18.8 Å². The van der Waals surface area contributed by atoms with Crippen molar-refractivity contribution >= 4 is 21.8 Å². The van der Waals surface area contributed by atoms with Crippen LogP contribution in [0.5, 0.6) is 0 Å². The Bertz CT molecular complexity index is 1020. The topological polar surface area (TPSA) is 78.0 Å². The molecule has 0 radical (unpaired) electrons. The highest BCUT2D eigenvalue weighted by atomic mass is 32.2. The minimum atomic E-state index is -3.63. The van der Waals surface area contributed by atoms with Gasteiger partial charge in [-0.3, -0.25) is 19.4 Å². The molecule has 186 valence electrons. The van der Waals surface area contributed by atoms with Gasteiger partial charge in [-0.25, -0.2) is 8.42 Å². The maximum absolute atomic E-state index is 13.6. The summed E-state index contributed by atoms with van der Waals surface area (Å²) in [6.07, 6.45) is 9.88. The van der Waals surface area contributed by atoms with Gasteiger partial charge < -0.3 is 0 Å². The number of amides is 2. The Morgan fingerprint density at radius 3 is 2.03 bits per heavy atom. The number of carbonyl (C=O) groups is 2. The lowest BCUT2D eigenvalue weighted by atomic mass is 9.81. The first-order valence-electron chi connectivity index (χ1n) is 13.1. The van der Waals surface area contributed by atoms with Crippen molar-refractivity contribution in [3.05, 3.63) is 29.3 Å². The van der Waals surface area contributed by atoms with Crippen LogP contribution < -0.4 is 0 Å². The Hall–Kier alpha value is -1.77. The van der Waals surface area contributed by atoms with Crippen LogP contribution >= 0.6 is 0 Å². The van der Waals surface area contributed by atoms with E-state index in [9.17, 15) is 18.0 Å². The van der Waals surface area contributed by atoms with Crippen molar-refractivity contribution in [1.82, 2.24) is 14.1 Å². The molecule has 2 aliphatic heterocycles. The van der Waals surface area contributed by atoms with E-state index in [1.165, 1.54) is 37.0 Å². The van der Waals surface area contributed by atoms with E-state index in [2.05, 4.69) is 4.90 Å². The molecule has 0 aromatic heterocycles. The molecule has 2 heterocycles. The first-order valence-corrected chi connectivity index (χ1v) is 14.5. The smallest absolute Gasteiger partial charge is 0.243 e. The number of likely N-dealkylation sites (tertiary alicyclic amines) is 1.